The Bertz CT molecular complexity index is 833. The highest BCUT2D eigenvalue weighted by molar-refractivity contribution is 7.85. The van der Waals surface area contributed by atoms with Gasteiger partial charge in [-0.1, -0.05) is 18.2 Å². The van der Waals surface area contributed by atoms with Crippen LogP contribution < -0.4 is 5.43 Å². The number of aromatic carboxylic acids is 1. The summed E-state index contributed by atoms with van der Waals surface area (Å²) in [5.74, 6) is -1.19. The van der Waals surface area contributed by atoms with Gasteiger partial charge in [-0.15, -0.1) is 0 Å². The summed E-state index contributed by atoms with van der Waals surface area (Å²) >= 11 is 0. The van der Waals surface area contributed by atoms with Gasteiger partial charge in [0.1, 0.15) is 15.7 Å². The number of pyridine rings is 1. The second-order valence-corrected chi connectivity index (χ2v) is 5.41. The molecule has 114 valence electrons. The monoisotopic (exact) mass is 320 g/mol. The summed E-state index contributed by atoms with van der Waals surface area (Å²) < 4.78 is 33.3. The lowest BCUT2D eigenvalue weighted by Crippen LogP contribution is -2.05. The van der Waals surface area contributed by atoms with Gasteiger partial charge < -0.3 is 9.66 Å². The Morgan fingerprint density at radius 2 is 2.00 bits per heavy atom. The number of rotatable bonds is 5. The third kappa shape index (κ3) is 3.65. The molecule has 0 saturated carbocycles. The number of nitrogens with one attached hydrogen (secondary N) is 1. The molecule has 0 spiro atoms. The molecular formula is C13H10N3O5S-. The van der Waals surface area contributed by atoms with Gasteiger partial charge in [-0.3, -0.25) is 5.43 Å². The lowest BCUT2D eigenvalue weighted by molar-refractivity contribution is 0.0697. The third-order valence-electron chi connectivity index (χ3n) is 2.60. The highest BCUT2D eigenvalue weighted by Gasteiger charge is 2.10. The lowest BCUT2D eigenvalue weighted by atomic mass is 10.2. The number of aromatic nitrogens is 1. The Labute approximate surface area is 125 Å². The van der Waals surface area contributed by atoms with Crippen LogP contribution in [0.1, 0.15) is 15.9 Å². The van der Waals surface area contributed by atoms with E-state index in [4.69, 9.17) is 5.11 Å². The fourth-order valence-corrected chi connectivity index (χ4v) is 2.30. The standard InChI is InChI=1S/C13H11N3O5S/c17-13(18)10-5-3-7-14-12(10)16-15-8-9-4-1-2-6-11(9)22(19,20)21/h1-8H,(H,14,16)(H,17,18)(H,19,20,21)/p-1/b15-8+. The van der Waals surface area contributed by atoms with Crippen LogP contribution in [0.3, 0.4) is 0 Å². The van der Waals surface area contributed by atoms with E-state index in [1.165, 1.54) is 30.5 Å². The molecular weight excluding hydrogens is 310 g/mol. The van der Waals surface area contributed by atoms with Crippen LogP contribution in [0.15, 0.2) is 52.6 Å². The summed E-state index contributed by atoms with van der Waals surface area (Å²) in [6.07, 6.45) is 2.48. The minimum Gasteiger partial charge on any atom is -0.744 e. The molecule has 1 heterocycles. The average Bonchev–Trinajstić information content (AvgIpc) is 2.47. The number of hydrazone groups is 1. The van der Waals surface area contributed by atoms with Crippen LogP contribution in [0.25, 0.3) is 0 Å². The average molecular weight is 320 g/mol. The van der Waals surface area contributed by atoms with E-state index >= 15 is 0 Å². The SMILES string of the molecule is O=C(O)c1cccnc1N/N=C/c1ccccc1S(=O)(=O)[O-]. The van der Waals surface area contributed by atoms with Crippen molar-refractivity contribution in [1.82, 2.24) is 4.98 Å². The molecule has 22 heavy (non-hydrogen) atoms. The van der Waals surface area contributed by atoms with E-state index in [9.17, 15) is 17.8 Å². The molecule has 0 amide bonds. The maximum atomic E-state index is 11.1. The Morgan fingerprint density at radius 1 is 1.27 bits per heavy atom. The van der Waals surface area contributed by atoms with Gasteiger partial charge in [-0.05, 0) is 18.2 Å². The second kappa shape index (κ2) is 6.33. The van der Waals surface area contributed by atoms with Gasteiger partial charge in [-0.25, -0.2) is 18.2 Å². The normalized spacial score (nSPS) is 11.5. The van der Waals surface area contributed by atoms with Crippen LogP contribution in [-0.4, -0.2) is 35.2 Å². The number of benzene rings is 1. The van der Waals surface area contributed by atoms with Gasteiger partial charge in [0.2, 0.25) is 0 Å². The molecule has 2 N–H and O–H groups in total. The quantitative estimate of drug-likeness (QED) is 0.479. The lowest BCUT2D eigenvalue weighted by Gasteiger charge is -2.09. The Balaban J connectivity index is 2.27. The molecule has 0 aliphatic carbocycles. The molecule has 0 fully saturated rings. The number of carboxylic acid groups (broad SMARTS) is 1. The Morgan fingerprint density at radius 3 is 2.68 bits per heavy atom. The zero-order chi connectivity index (χ0) is 16.2. The largest absolute Gasteiger partial charge is 0.744 e. The van der Waals surface area contributed by atoms with E-state index in [0.717, 1.165) is 12.3 Å². The second-order valence-electron chi connectivity index (χ2n) is 4.07. The van der Waals surface area contributed by atoms with Crippen molar-refractivity contribution in [1.29, 1.82) is 0 Å². The topological polar surface area (TPSA) is 132 Å². The van der Waals surface area contributed by atoms with E-state index in [2.05, 4.69) is 15.5 Å². The Kier molecular flexibility index (Phi) is 4.49. The molecule has 0 atom stereocenters. The van der Waals surface area contributed by atoms with Gasteiger partial charge in [0, 0.05) is 11.8 Å². The predicted molar refractivity (Wildman–Crippen MR) is 76.8 cm³/mol. The first-order valence-corrected chi connectivity index (χ1v) is 7.33. The molecule has 0 unspecified atom stereocenters. The van der Waals surface area contributed by atoms with Crippen molar-refractivity contribution in [2.45, 2.75) is 4.90 Å². The minimum atomic E-state index is -4.63. The van der Waals surface area contributed by atoms with Crippen LogP contribution in [-0.2, 0) is 10.1 Å². The first-order valence-electron chi connectivity index (χ1n) is 5.92. The number of hydrogen-bond donors (Lipinski definition) is 2. The number of carboxylic acids is 1. The smallest absolute Gasteiger partial charge is 0.339 e. The molecule has 9 heteroatoms. The molecule has 0 saturated heterocycles. The van der Waals surface area contributed by atoms with Crippen LogP contribution in [0.5, 0.6) is 0 Å². The van der Waals surface area contributed by atoms with Crippen LogP contribution in [0.4, 0.5) is 5.82 Å². The number of carbonyl (C=O) groups is 1. The molecule has 1 aromatic heterocycles. The summed E-state index contributed by atoms with van der Waals surface area (Å²) in [5, 5.41) is 12.7. The van der Waals surface area contributed by atoms with Gasteiger partial charge in [-0.2, -0.15) is 5.10 Å². The number of nitrogens with zero attached hydrogens (tertiary/aromatic N) is 2. The predicted octanol–water partition coefficient (Wildman–Crippen LogP) is 1.13. The number of anilines is 1. The summed E-state index contributed by atoms with van der Waals surface area (Å²) in [6.45, 7) is 0. The summed E-state index contributed by atoms with van der Waals surface area (Å²) in [7, 11) is -4.63. The van der Waals surface area contributed by atoms with E-state index in [-0.39, 0.29) is 16.9 Å². The Hall–Kier alpha value is -2.78. The molecule has 0 aliphatic rings. The van der Waals surface area contributed by atoms with E-state index in [1.807, 2.05) is 0 Å². The van der Waals surface area contributed by atoms with Crippen molar-refractivity contribution >= 4 is 28.1 Å². The van der Waals surface area contributed by atoms with Gasteiger partial charge >= 0.3 is 5.97 Å². The maximum absolute atomic E-state index is 11.1. The van der Waals surface area contributed by atoms with Crippen LogP contribution in [0, 0.1) is 0 Å². The van der Waals surface area contributed by atoms with E-state index < -0.39 is 21.0 Å². The highest BCUT2D eigenvalue weighted by Crippen LogP contribution is 2.14. The van der Waals surface area contributed by atoms with E-state index in [1.54, 1.807) is 6.07 Å². The van der Waals surface area contributed by atoms with Gasteiger partial charge in [0.15, 0.2) is 5.82 Å². The van der Waals surface area contributed by atoms with Gasteiger partial charge in [0.05, 0.1) is 11.1 Å². The fraction of sp³-hybridized carbons (Fsp3) is 0. The van der Waals surface area contributed by atoms with Crippen molar-refractivity contribution in [2.24, 2.45) is 5.10 Å². The van der Waals surface area contributed by atoms with E-state index in [0.29, 0.717) is 0 Å². The van der Waals surface area contributed by atoms with Crippen molar-refractivity contribution in [2.75, 3.05) is 5.43 Å². The fourth-order valence-electron chi connectivity index (χ4n) is 1.64. The van der Waals surface area contributed by atoms with Crippen LogP contribution in [0.2, 0.25) is 0 Å². The van der Waals surface area contributed by atoms with Crippen LogP contribution >= 0.6 is 0 Å². The summed E-state index contributed by atoms with van der Waals surface area (Å²) in [6, 6.07) is 8.30. The number of hydrogen-bond acceptors (Lipinski definition) is 7. The third-order valence-corrected chi connectivity index (χ3v) is 3.51. The highest BCUT2D eigenvalue weighted by atomic mass is 32.2. The minimum absolute atomic E-state index is 0.00582. The maximum Gasteiger partial charge on any atom is 0.339 e. The molecule has 8 nitrogen and oxygen atoms in total. The molecule has 0 bridgehead atoms. The molecule has 2 rings (SSSR count). The summed E-state index contributed by atoms with van der Waals surface area (Å²) in [5.41, 5.74) is 2.39. The summed E-state index contributed by atoms with van der Waals surface area (Å²) in [4.78, 5) is 14.4. The molecule has 0 aliphatic heterocycles. The van der Waals surface area contributed by atoms with Crippen molar-refractivity contribution in [3.05, 3.63) is 53.7 Å². The molecule has 1 aromatic carbocycles. The van der Waals surface area contributed by atoms with Gasteiger partial charge in [0.25, 0.3) is 0 Å². The molecule has 2 aromatic rings. The van der Waals surface area contributed by atoms with Crippen molar-refractivity contribution in [3.63, 3.8) is 0 Å². The van der Waals surface area contributed by atoms with Crippen molar-refractivity contribution < 1.29 is 22.9 Å². The first kappa shape index (κ1) is 15.6. The first-order chi connectivity index (χ1) is 10.4. The zero-order valence-corrected chi connectivity index (χ0v) is 11.8. The zero-order valence-electron chi connectivity index (χ0n) is 11.0. The molecule has 0 radical (unpaired) electrons. The van der Waals surface area contributed by atoms with Crippen molar-refractivity contribution in [3.8, 4) is 0 Å².